The summed E-state index contributed by atoms with van der Waals surface area (Å²) in [5.74, 6) is 0. The number of fused-ring (bicyclic) bond motifs is 1. The van der Waals surface area contributed by atoms with Gasteiger partial charge in [0.05, 0.1) is 22.1 Å². The number of halogens is 1. The molecule has 6 nitrogen and oxygen atoms in total. The number of nitrogens with zero attached hydrogens (tertiary/aromatic N) is 4. The standard InChI is InChI=1S/C18H17ClN4O2S/c19-17-2-1-16(26-17)14(9-20)12-3-6-22(7-4-12)18(24)23-8-5-15-13(10-23)11-25-21-15/h1-2,11H,3-8,10H2. The van der Waals surface area contributed by atoms with E-state index in [1.807, 2.05) is 21.9 Å². The lowest BCUT2D eigenvalue weighted by Crippen LogP contribution is -2.47. The van der Waals surface area contributed by atoms with E-state index in [-0.39, 0.29) is 6.03 Å². The van der Waals surface area contributed by atoms with Gasteiger partial charge in [-0.25, -0.2) is 4.79 Å². The summed E-state index contributed by atoms with van der Waals surface area (Å²) in [6.45, 7) is 2.47. The lowest BCUT2D eigenvalue weighted by Gasteiger charge is -2.35. The Hall–Kier alpha value is -2.30. The zero-order valence-electron chi connectivity index (χ0n) is 14.1. The van der Waals surface area contributed by atoms with Gasteiger partial charge in [-0.05, 0) is 30.5 Å². The van der Waals surface area contributed by atoms with Gasteiger partial charge in [0, 0.05) is 36.5 Å². The van der Waals surface area contributed by atoms with Crippen LogP contribution in [0.5, 0.6) is 0 Å². The highest BCUT2D eigenvalue weighted by Crippen LogP contribution is 2.33. The smallest absolute Gasteiger partial charge is 0.320 e. The van der Waals surface area contributed by atoms with Crippen LogP contribution in [0.25, 0.3) is 5.57 Å². The molecule has 2 aromatic heterocycles. The fourth-order valence-corrected chi connectivity index (χ4v) is 4.57. The second kappa shape index (κ2) is 7.14. The summed E-state index contributed by atoms with van der Waals surface area (Å²) in [4.78, 5) is 17.4. The predicted molar refractivity (Wildman–Crippen MR) is 98.7 cm³/mol. The summed E-state index contributed by atoms with van der Waals surface area (Å²) in [5, 5.41) is 13.5. The first-order valence-electron chi connectivity index (χ1n) is 8.49. The molecule has 1 fully saturated rings. The van der Waals surface area contributed by atoms with E-state index in [1.165, 1.54) is 11.3 Å². The number of allylic oxidation sites excluding steroid dienone is 1. The minimum atomic E-state index is 0.0496. The normalized spacial score (nSPS) is 17.0. The van der Waals surface area contributed by atoms with E-state index in [1.54, 1.807) is 6.26 Å². The first kappa shape index (κ1) is 17.1. The SMILES string of the molecule is N#CC(=C1CCN(C(=O)N2CCc3nocc3C2)CC1)c1ccc(Cl)s1. The second-order valence-corrected chi connectivity index (χ2v) is 8.14. The van der Waals surface area contributed by atoms with Crippen molar-refractivity contribution in [2.75, 3.05) is 19.6 Å². The molecule has 4 heterocycles. The first-order valence-corrected chi connectivity index (χ1v) is 9.69. The van der Waals surface area contributed by atoms with Gasteiger partial charge in [0.25, 0.3) is 0 Å². The molecule has 0 atom stereocenters. The lowest BCUT2D eigenvalue weighted by molar-refractivity contribution is 0.144. The maximum absolute atomic E-state index is 12.8. The Morgan fingerprint density at radius 1 is 1.23 bits per heavy atom. The minimum Gasteiger partial charge on any atom is -0.364 e. The molecular formula is C18H17ClN4O2S. The highest BCUT2D eigenvalue weighted by atomic mass is 35.5. The van der Waals surface area contributed by atoms with Crippen LogP contribution in [0.1, 0.15) is 29.0 Å². The van der Waals surface area contributed by atoms with E-state index in [2.05, 4.69) is 11.2 Å². The molecule has 2 aliphatic heterocycles. The summed E-state index contributed by atoms with van der Waals surface area (Å²) in [5.41, 5.74) is 3.76. The molecule has 0 N–H and O–H groups in total. The van der Waals surface area contributed by atoms with Crippen LogP contribution in [-0.4, -0.2) is 40.6 Å². The van der Waals surface area contributed by atoms with Crippen LogP contribution in [0.4, 0.5) is 4.79 Å². The van der Waals surface area contributed by atoms with Crippen LogP contribution in [0, 0.1) is 11.3 Å². The van der Waals surface area contributed by atoms with Gasteiger partial charge in [-0.1, -0.05) is 16.8 Å². The molecule has 0 unspecified atom stereocenters. The molecule has 0 aromatic carbocycles. The molecule has 0 bridgehead atoms. The number of hydrogen-bond donors (Lipinski definition) is 0. The molecule has 4 rings (SSSR count). The van der Waals surface area contributed by atoms with Crippen LogP contribution in [0.15, 0.2) is 28.5 Å². The summed E-state index contributed by atoms with van der Waals surface area (Å²) in [7, 11) is 0. The fourth-order valence-electron chi connectivity index (χ4n) is 3.48. The van der Waals surface area contributed by atoms with E-state index in [9.17, 15) is 10.1 Å². The zero-order chi connectivity index (χ0) is 18.1. The third-order valence-corrected chi connectivity index (χ3v) is 6.15. The maximum atomic E-state index is 12.8. The lowest BCUT2D eigenvalue weighted by atomic mass is 9.97. The number of urea groups is 1. The third-order valence-electron chi connectivity index (χ3n) is 4.90. The van der Waals surface area contributed by atoms with E-state index < -0.39 is 0 Å². The minimum absolute atomic E-state index is 0.0496. The molecule has 2 amide bonds. The fraction of sp³-hybridized carbons (Fsp3) is 0.389. The highest BCUT2D eigenvalue weighted by Gasteiger charge is 2.29. The Balaban J connectivity index is 1.43. The average molecular weight is 389 g/mol. The highest BCUT2D eigenvalue weighted by molar-refractivity contribution is 7.17. The van der Waals surface area contributed by atoms with Crippen LogP contribution in [-0.2, 0) is 13.0 Å². The van der Waals surface area contributed by atoms with Crippen molar-refractivity contribution in [1.82, 2.24) is 15.0 Å². The number of piperidine rings is 1. The molecule has 0 saturated carbocycles. The van der Waals surface area contributed by atoms with Crippen molar-refractivity contribution >= 4 is 34.5 Å². The maximum Gasteiger partial charge on any atom is 0.320 e. The first-order chi connectivity index (χ1) is 12.7. The van der Waals surface area contributed by atoms with Gasteiger partial charge < -0.3 is 14.3 Å². The van der Waals surface area contributed by atoms with Gasteiger partial charge in [0.15, 0.2) is 0 Å². The van der Waals surface area contributed by atoms with E-state index >= 15 is 0 Å². The van der Waals surface area contributed by atoms with E-state index in [0.717, 1.165) is 41.0 Å². The van der Waals surface area contributed by atoms with Gasteiger partial charge in [0.1, 0.15) is 12.3 Å². The quantitative estimate of drug-likeness (QED) is 0.693. The van der Waals surface area contributed by atoms with Crippen molar-refractivity contribution in [3.8, 4) is 6.07 Å². The van der Waals surface area contributed by atoms with Gasteiger partial charge in [-0.3, -0.25) is 0 Å². The van der Waals surface area contributed by atoms with Crippen molar-refractivity contribution in [1.29, 1.82) is 5.26 Å². The van der Waals surface area contributed by atoms with Gasteiger partial charge >= 0.3 is 6.03 Å². The van der Waals surface area contributed by atoms with Crippen molar-refractivity contribution in [3.63, 3.8) is 0 Å². The molecular weight excluding hydrogens is 372 g/mol. The number of rotatable bonds is 1. The van der Waals surface area contributed by atoms with E-state index in [0.29, 0.717) is 36.1 Å². The number of hydrogen-bond acceptors (Lipinski definition) is 5. The Morgan fingerprint density at radius 2 is 2.00 bits per heavy atom. The number of nitriles is 1. The van der Waals surface area contributed by atoms with Crippen LogP contribution in [0.3, 0.4) is 0 Å². The van der Waals surface area contributed by atoms with Crippen LogP contribution >= 0.6 is 22.9 Å². The number of carbonyl (C=O) groups excluding carboxylic acids is 1. The molecule has 2 aliphatic rings. The summed E-state index contributed by atoms with van der Waals surface area (Å²) < 4.78 is 5.67. The Morgan fingerprint density at radius 3 is 2.69 bits per heavy atom. The molecule has 26 heavy (non-hydrogen) atoms. The number of aromatic nitrogens is 1. The number of amides is 2. The largest absolute Gasteiger partial charge is 0.364 e. The van der Waals surface area contributed by atoms with E-state index in [4.69, 9.17) is 16.1 Å². The second-order valence-electron chi connectivity index (χ2n) is 6.42. The van der Waals surface area contributed by atoms with Crippen molar-refractivity contribution in [3.05, 3.63) is 44.4 Å². The van der Waals surface area contributed by atoms with Crippen LogP contribution < -0.4 is 0 Å². The van der Waals surface area contributed by atoms with Crippen molar-refractivity contribution < 1.29 is 9.32 Å². The monoisotopic (exact) mass is 388 g/mol. The molecule has 0 spiro atoms. The Bertz CT molecular complexity index is 900. The molecule has 0 aliphatic carbocycles. The Labute approximate surface area is 160 Å². The topological polar surface area (TPSA) is 73.4 Å². The summed E-state index contributed by atoms with van der Waals surface area (Å²) in [6, 6.07) is 6.07. The third kappa shape index (κ3) is 3.22. The molecule has 2 aromatic rings. The molecule has 0 radical (unpaired) electrons. The Kier molecular flexibility index (Phi) is 4.70. The summed E-state index contributed by atoms with van der Waals surface area (Å²) in [6.07, 6.45) is 3.79. The van der Waals surface area contributed by atoms with Crippen molar-refractivity contribution in [2.45, 2.75) is 25.8 Å². The zero-order valence-corrected chi connectivity index (χ0v) is 15.6. The molecule has 1 saturated heterocycles. The summed E-state index contributed by atoms with van der Waals surface area (Å²) >= 11 is 7.42. The van der Waals surface area contributed by atoms with Crippen LogP contribution in [0.2, 0.25) is 4.34 Å². The number of thiophene rings is 1. The van der Waals surface area contributed by atoms with Crippen molar-refractivity contribution in [2.24, 2.45) is 0 Å². The predicted octanol–water partition coefficient (Wildman–Crippen LogP) is 3.94. The van der Waals surface area contributed by atoms with Gasteiger partial charge in [-0.15, -0.1) is 11.3 Å². The molecule has 8 heteroatoms. The molecule has 134 valence electrons. The number of likely N-dealkylation sites (tertiary alicyclic amines) is 1. The van der Waals surface area contributed by atoms with Gasteiger partial charge in [0.2, 0.25) is 0 Å². The number of carbonyl (C=O) groups is 1. The van der Waals surface area contributed by atoms with Gasteiger partial charge in [-0.2, -0.15) is 5.26 Å². The average Bonchev–Trinajstić information content (AvgIpc) is 3.30.